The van der Waals surface area contributed by atoms with Crippen molar-refractivity contribution in [3.63, 3.8) is 0 Å². The molecule has 0 radical (unpaired) electrons. The Morgan fingerprint density at radius 3 is 2.33 bits per heavy atom. The number of aliphatic hydroxyl groups is 1. The Labute approximate surface area is 244 Å². The third-order valence-corrected chi connectivity index (χ3v) is 6.77. The molecule has 12 nitrogen and oxygen atoms in total. The number of carbonyl (C=O) groups excluding carboxylic acids is 4. The van der Waals surface area contributed by atoms with Crippen LogP contribution in [0.2, 0.25) is 0 Å². The van der Waals surface area contributed by atoms with Crippen LogP contribution in [0.4, 0.5) is 0 Å². The van der Waals surface area contributed by atoms with Crippen molar-refractivity contribution in [2.75, 3.05) is 0 Å². The fourth-order valence-corrected chi connectivity index (χ4v) is 4.76. The van der Waals surface area contributed by atoms with Crippen molar-refractivity contribution in [2.24, 2.45) is 5.92 Å². The zero-order valence-corrected chi connectivity index (χ0v) is 24.0. The van der Waals surface area contributed by atoms with E-state index in [1.807, 2.05) is 44.2 Å². The van der Waals surface area contributed by atoms with Gasteiger partial charge in [-0.1, -0.05) is 57.2 Å². The van der Waals surface area contributed by atoms with Gasteiger partial charge in [-0.25, -0.2) is 4.98 Å². The minimum Gasteiger partial charge on any atom is -0.508 e. The first-order valence-electron chi connectivity index (χ1n) is 13.8. The number of carbonyl (C=O) groups is 5. The van der Waals surface area contributed by atoms with Crippen molar-refractivity contribution < 1.29 is 43.5 Å². The number of rotatable bonds is 13. The minimum absolute atomic E-state index is 0.0228. The van der Waals surface area contributed by atoms with E-state index in [1.165, 1.54) is 19.9 Å². The zero-order chi connectivity index (χ0) is 31.0. The first-order chi connectivity index (χ1) is 19.8. The molecule has 2 heterocycles. The predicted octanol–water partition coefficient (Wildman–Crippen LogP) is 1.94. The lowest BCUT2D eigenvalue weighted by Crippen LogP contribution is -2.63. The lowest BCUT2D eigenvalue weighted by Gasteiger charge is -2.39. The van der Waals surface area contributed by atoms with Crippen molar-refractivity contribution >= 4 is 36.7 Å². The molecule has 2 amide bonds. The van der Waals surface area contributed by atoms with Gasteiger partial charge in [0.15, 0.2) is 5.78 Å². The molecule has 1 aromatic heterocycles. The van der Waals surface area contributed by atoms with Crippen LogP contribution >= 0.6 is 0 Å². The molecule has 1 aliphatic rings. The SMILES string of the molecule is CCC(=O)[C@@]1(CC(=O)O)CC(=O)OB([C@H](CC(C)C)NC(=O)[C@@H](NC(=O)c2cccc(-c3ccccc3)n2)[C@@H](C)O)O1. The molecule has 0 unspecified atom stereocenters. The van der Waals surface area contributed by atoms with E-state index in [9.17, 15) is 34.2 Å². The van der Waals surface area contributed by atoms with Crippen molar-refractivity contribution in [1.82, 2.24) is 15.6 Å². The predicted molar refractivity (Wildman–Crippen MR) is 152 cm³/mol. The Kier molecular flexibility index (Phi) is 11.0. The molecule has 0 spiro atoms. The average Bonchev–Trinajstić information content (AvgIpc) is 2.94. The van der Waals surface area contributed by atoms with E-state index in [0.29, 0.717) is 5.69 Å². The summed E-state index contributed by atoms with van der Waals surface area (Å²) in [6, 6.07) is 12.6. The largest absolute Gasteiger partial charge is 0.552 e. The number of hydrogen-bond acceptors (Lipinski definition) is 9. The Hall–Kier alpha value is -4.10. The number of benzene rings is 1. The fourth-order valence-electron chi connectivity index (χ4n) is 4.76. The van der Waals surface area contributed by atoms with E-state index < -0.39 is 73.2 Å². The molecule has 1 aromatic carbocycles. The van der Waals surface area contributed by atoms with E-state index in [0.717, 1.165) is 5.56 Å². The lowest BCUT2D eigenvalue weighted by atomic mass is 9.70. The quantitative estimate of drug-likeness (QED) is 0.255. The van der Waals surface area contributed by atoms with Gasteiger partial charge in [-0.05, 0) is 31.4 Å². The molecule has 42 heavy (non-hydrogen) atoms. The van der Waals surface area contributed by atoms with Crippen molar-refractivity contribution in [1.29, 1.82) is 0 Å². The van der Waals surface area contributed by atoms with Crippen LogP contribution in [0.15, 0.2) is 48.5 Å². The second-order valence-electron chi connectivity index (χ2n) is 10.7. The van der Waals surface area contributed by atoms with Crippen LogP contribution < -0.4 is 10.6 Å². The maximum absolute atomic E-state index is 13.4. The topological polar surface area (TPSA) is 181 Å². The number of nitrogens with one attached hydrogen (secondary N) is 2. The number of pyridine rings is 1. The number of ketones is 1. The second-order valence-corrected chi connectivity index (χ2v) is 10.7. The van der Waals surface area contributed by atoms with Gasteiger partial charge in [0.05, 0.1) is 30.6 Å². The van der Waals surface area contributed by atoms with Gasteiger partial charge in [0, 0.05) is 12.0 Å². The third-order valence-electron chi connectivity index (χ3n) is 6.77. The number of aromatic nitrogens is 1. The summed E-state index contributed by atoms with van der Waals surface area (Å²) in [7, 11) is -1.48. The van der Waals surface area contributed by atoms with E-state index in [2.05, 4.69) is 15.6 Å². The number of hydrogen-bond donors (Lipinski definition) is 4. The molecule has 1 saturated heterocycles. The molecule has 0 bridgehead atoms. The molecule has 4 N–H and O–H groups in total. The minimum atomic E-state index is -1.95. The van der Waals surface area contributed by atoms with Crippen LogP contribution in [0.1, 0.15) is 63.9 Å². The van der Waals surface area contributed by atoms with Crippen LogP contribution in [0, 0.1) is 5.92 Å². The van der Waals surface area contributed by atoms with E-state index >= 15 is 0 Å². The van der Waals surface area contributed by atoms with Crippen molar-refractivity contribution in [2.45, 2.75) is 77.1 Å². The van der Waals surface area contributed by atoms with Gasteiger partial charge in [0.2, 0.25) is 5.91 Å². The number of carboxylic acid groups (broad SMARTS) is 1. The Bertz CT molecular complexity index is 1300. The monoisotopic (exact) mass is 581 g/mol. The first-order valence-corrected chi connectivity index (χ1v) is 13.8. The average molecular weight is 581 g/mol. The molecule has 1 aliphatic heterocycles. The van der Waals surface area contributed by atoms with Gasteiger partial charge in [0.1, 0.15) is 17.3 Å². The highest BCUT2D eigenvalue weighted by molar-refractivity contribution is 6.50. The summed E-state index contributed by atoms with van der Waals surface area (Å²) in [4.78, 5) is 67.8. The van der Waals surface area contributed by atoms with Crippen LogP contribution in [-0.2, 0) is 28.5 Å². The Morgan fingerprint density at radius 1 is 1.05 bits per heavy atom. The third kappa shape index (κ3) is 8.23. The summed E-state index contributed by atoms with van der Waals surface area (Å²) in [5, 5.41) is 25.0. The van der Waals surface area contributed by atoms with Crippen molar-refractivity contribution in [3.8, 4) is 11.3 Å². The first kappa shape index (κ1) is 32.4. The number of aliphatic carboxylic acids is 1. The molecule has 3 rings (SSSR count). The molecule has 4 atom stereocenters. The van der Waals surface area contributed by atoms with E-state index in [-0.39, 0.29) is 24.5 Å². The molecular weight excluding hydrogens is 545 g/mol. The normalized spacial score (nSPS) is 18.9. The number of aliphatic hydroxyl groups excluding tert-OH is 1. The van der Waals surface area contributed by atoms with Crippen molar-refractivity contribution in [3.05, 3.63) is 54.2 Å². The summed E-state index contributed by atoms with van der Waals surface area (Å²) in [5.41, 5.74) is -0.597. The van der Waals surface area contributed by atoms with Crippen LogP contribution in [0.5, 0.6) is 0 Å². The van der Waals surface area contributed by atoms with Crippen LogP contribution in [-0.4, -0.2) is 75.5 Å². The number of Topliss-reactive ketones (excluding diaryl/α,β-unsaturated/α-hetero) is 1. The summed E-state index contributed by atoms with van der Waals surface area (Å²) in [6.45, 7) is 6.53. The molecule has 0 aliphatic carbocycles. The maximum Gasteiger partial charge on any atom is 0.552 e. The highest BCUT2D eigenvalue weighted by Gasteiger charge is 2.53. The fraction of sp³-hybridized carbons (Fsp3) is 0.448. The summed E-state index contributed by atoms with van der Waals surface area (Å²) < 4.78 is 11.2. The van der Waals surface area contributed by atoms with Gasteiger partial charge < -0.3 is 30.2 Å². The van der Waals surface area contributed by atoms with Gasteiger partial charge in [-0.3, -0.25) is 24.0 Å². The van der Waals surface area contributed by atoms with E-state index in [1.54, 1.807) is 12.1 Å². The molecule has 1 fully saturated rings. The van der Waals surface area contributed by atoms with Crippen LogP contribution in [0.3, 0.4) is 0 Å². The molecule has 2 aromatic rings. The molecular formula is C29H36BN3O9. The lowest BCUT2D eigenvalue weighted by molar-refractivity contribution is -0.163. The van der Waals surface area contributed by atoms with Gasteiger partial charge in [-0.2, -0.15) is 0 Å². The number of amides is 2. The Morgan fingerprint density at radius 2 is 1.74 bits per heavy atom. The standard InChI is InChI=1S/C29H36BN3O9/c1-5-22(35)29(15-24(36)37)16-25(38)41-30(42-29)23(14-17(2)3)32-28(40)26(18(4)34)33-27(39)21-13-9-12-20(31-21)19-10-7-6-8-11-19/h6-13,17-18,23,26,34H,5,14-16H2,1-4H3,(H,32,40)(H,33,39)(H,36,37)/t18-,23+,26+,29-/m1/s1. The van der Waals surface area contributed by atoms with Crippen LogP contribution in [0.25, 0.3) is 11.3 Å². The van der Waals surface area contributed by atoms with Gasteiger partial charge in [-0.15, -0.1) is 0 Å². The number of nitrogens with zero attached hydrogens (tertiary/aromatic N) is 1. The summed E-state index contributed by atoms with van der Waals surface area (Å²) in [5.74, 6) is -5.38. The smallest absolute Gasteiger partial charge is 0.508 e. The molecule has 224 valence electrons. The van der Waals surface area contributed by atoms with Gasteiger partial charge in [0.25, 0.3) is 11.9 Å². The molecule has 13 heteroatoms. The summed E-state index contributed by atoms with van der Waals surface area (Å²) >= 11 is 0. The van der Waals surface area contributed by atoms with E-state index in [4.69, 9.17) is 9.31 Å². The zero-order valence-electron chi connectivity index (χ0n) is 24.0. The number of carboxylic acids is 1. The Balaban J connectivity index is 1.83. The summed E-state index contributed by atoms with van der Waals surface area (Å²) in [6.07, 6.45) is -2.55. The maximum atomic E-state index is 13.4. The molecule has 0 saturated carbocycles. The van der Waals surface area contributed by atoms with Gasteiger partial charge >= 0.3 is 13.1 Å². The highest BCUT2D eigenvalue weighted by atomic mass is 16.6. The second kappa shape index (κ2) is 14.2. The highest BCUT2D eigenvalue weighted by Crippen LogP contribution is 2.31.